The van der Waals surface area contributed by atoms with Gasteiger partial charge in [0.1, 0.15) is 22.8 Å². The number of alkyl halides is 2. The van der Waals surface area contributed by atoms with E-state index in [9.17, 15) is 13.6 Å². The molecule has 3 aromatic rings. The lowest BCUT2D eigenvalue weighted by atomic mass is 9.79. The Balaban J connectivity index is 1.64. The molecule has 0 aliphatic heterocycles. The fraction of sp³-hybridized carbons (Fsp3) is 0.350. The number of hydrogen-bond donors (Lipinski definition) is 1. The first kappa shape index (κ1) is 18.3. The van der Waals surface area contributed by atoms with Gasteiger partial charge in [0.2, 0.25) is 5.92 Å². The van der Waals surface area contributed by atoms with Gasteiger partial charge >= 0.3 is 0 Å². The molecule has 6 nitrogen and oxygen atoms in total. The van der Waals surface area contributed by atoms with Crippen LogP contribution < -0.4 is 10.1 Å². The Hall–Kier alpha value is -3.03. The number of rotatable bonds is 5. The number of aromatic nitrogens is 3. The molecule has 1 amide bonds. The molecule has 0 saturated heterocycles. The number of nitrogens with zero attached hydrogens (tertiary/aromatic N) is 3. The second kappa shape index (κ2) is 6.85. The van der Waals surface area contributed by atoms with Crippen molar-refractivity contribution in [3.8, 4) is 5.75 Å². The van der Waals surface area contributed by atoms with Crippen LogP contribution in [0.4, 0.5) is 14.5 Å². The molecule has 28 heavy (non-hydrogen) atoms. The Labute approximate surface area is 160 Å². The molecule has 0 radical (unpaired) electrons. The minimum absolute atomic E-state index is 0.183. The molecule has 1 saturated carbocycles. The molecule has 0 spiro atoms. The van der Waals surface area contributed by atoms with Crippen LogP contribution in [0.3, 0.4) is 0 Å². The van der Waals surface area contributed by atoms with E-state index in [0.29, 0.717) is 35.1 Å². The molecule has 4 rings (SSSR count). The minimum Gasteiger partial charge on any atom is -0.491 e. The molecule has 0 aromatic carbocycles. The van der Waals surface area contributed by atoms with Gasteiger partial charge < -0.3 is 14.5 Å². The second-order valence-electron chi connectivity index (χ2n) is 7.00. The first-order valence-electron chi connectivity index (χ1n) is 9.13. The van der Waals surface area contributed by atoms with Crippen LogP contribution in [-0.2, 0) is 0 Å². The van der Waals surface area contributed by atoms with Crippen LogP contribution >= 0.6 is 0 Å². The highest BCUT2D eigenvalue weighted by Gasteiger charge is 2.46. The van der Waals surface area contributed by atoms with Crippen molar-refractivity contribution in [2.24, 2.45) is 0 Å². The van der Waals surface area contributed by atoms with Crippen molar-refractivity contribution in [2.45, 2.75) is 38.5 Å². The van der Waals surface area contributed by atoms with E-state index in [-0.39, 0.29) is 24.7 Å². The van der Waals surface area contributed by atoms with Gasteiger partial charge in [-0.15, -0.1) is 0 Å². The molecule has 3 aromatic heterocycles. The van der Waals surface area contributed by atoms with E-state index in [1.54, 1.807) is 35.0 Å². The molecule has 1 N–H and O–H groups in total. The molecule has 0 unspecified atom stereocenters. The fourth-order valence-corrected chi connectivity index (χ4v) is 3.33. The zero-order chi connectivity index (χ0) is 19.9. The number of imidazole rings is 1. The molecule has 0 atom stereocenters. The van der Waals surface area contributed by atoms with Crippen molar-refractivity contribution in [1.29, 1.82) is 0 Å². The lowest BCUT2D eigenvalue weighted by Gasteiger charge is -2.33. The molecule has 1 aliphatic carbocycles. The van der Waals surface area contributed by atoms with Gasteiger partial charge in [0, 0.05) is 42.9 Å². The summed E-state index contributed by atoms with van der Waals surface area (Å²) in [6.07, 6.45) is 3.04. The number of hydrogen-bond acceptors (Lipinski definition) is 4. The van der Waals surface area contributed by atoms with Gasteiger partial charge in [-0.25, -0.2) is 18.7 Å². The summed E-state index contributed by atoms with van der Waals surface area (Å²) >= 11 is 0. The average molecular weight is 386 g/mol. The van der Waals surface area contributed by atoms with E-state index in [4.69, 9.17) is 4.74 Å². The van der Waals surface area contributed by atoms with Crippen molar-refractivity contribution in [3.63, 3.8) is 0 Å². The number of nitrogens with one attached hydrogen (secondary N) is 1. The Morgan fingerprint density at radius 1 is 1.32 bits per heavy atom. The number of ether oxygens (including phenoxy) is 1. The van der Waals surface area contributed by atoms with E-state index >= 15 is 0 Å². The molecule has 146 valence electrons. The van der Waals surface area contributed by atoms with Gasteiger partial charge in [0.25, 0.3) is 5.91 Å². The predicted molar refractivity (Wildman–Crippen MR) is 100 cm³/mol. The van der Waals surface area contributed by atoms with Gasteiger partial charge in [0.05, 0.1) is 12.3 Å². The quantitative estimate of drug-likeness (QED) is 0.714. The zero-order valence-corrected chi connectivity index (χ0v) is 15.6. The summed E-state index contributed by atoms with van der Waals surface area (Å²) in [7, 11) is 0. The highest BCUT2D eigenvalue weighted by atomic mass is 19.3. The SMILES string of the molecule is CCOc1cc2nc(C3CC(F)(F)C3)cn2cc1NC(=O)c1cccc(C)n1. The third kappa shape index (κ3) is 3.54. The van der Waals surface area contributed by atoms with Crippen LogP contribution in [0.2, 0.25) is 0 Å². The maximum absolute atomic E-state index is 13.2. The lowest BCUT2D eigenvalue weighted by molar-refractivity contribution is -0.0875. The van der Waals surface area contributed by atoms with E-state index in [0.717, 1.165) is 5.69 Å². The van der Waals surface area contributed by atoms with Crippen molar-refractivity contribution in [2.75, 3.05) is 11.9 Å². The lowest BCUT2D eigenvalue weighted by Crippen LogP contribution is -2.33. The smallest absolute Gasteiger partial charge is 0.274 e. The summed E-state index contributed by atoms with van der Waals surface area (Å²) in [6.45, 7) is 4.06. The Kier molecular flexibility index (Phi) is 4.49. The van der Waals surface area contributed by atoms with Gasteiger partial charge in [-0.2, -0.15) is 0 Å². The molecule has 8 heteroatoms. The van der Waals surface area contributed by atoms with E-state index < -0.39 is 5.92 Å². The molecule has 3 heterocycles. The Morgan fingerprint density at radius 3 is 2.79 bits per heavy atom. The number of fused-ring (bicyclic) bond motifs is 1. The van der Waals surface area contributed by atoms with Gasteiger partial charge in [-0.1, -0.05) is 6.07 Å². The monoisotopic (exact) mass is 386 g/mol. The number of carbonyl (C=O) groups is 1. The summed E-state index contributed by atoms with van der Waals surface area (Å²) in [4.78, 5) is 21.2. The van der Waals surface area contributed by atoms with Crippen LogP contribution in [0.25, 0.3) is 5.65 Å². The number of pyridine rings is 2. The van der Waals surface area contributed by atoms with Crippen LogP contribution in [0.15, 0.2) is 36.7 Å². The largest absolute Gasteiger partial charge is 0.491 e. The van der Waals surface area contributed by atoms with Crippen molar-refractivity contribution in [3.05, 3.63) is 53.7 Å². The Morgan fingerprint density at radius 2 is 2.11 bits per heavy atom. The first-order valence-corrected chi connectivity index (χ1v) is 9.13. The van der Waals surface area contributed by atoms with Crippen molar-refractivity contribution >= 4 is 17.2 Å². The summed E-state index contributed by atoms with van der Waals surface area (Å²) < 4.78 is 33.7. The maximum atomic E-state index is 13.2. The Bertz CT molecular complexity index is 1040. The molecular weight excluding hydrogens is 366 g/mol. The standard InChI is InChI=1S/C20H20F2N4O2/c1-3-28-17-7-18-24-15(13-8-20(21,22)9-13)10-26(18)11-16(17)25-19(27)14-6-4-5-12(2)23-14/h4-7,10-11,13H,3,8-9H2,1-2H3,(H,25,27). The minimum atomic E-state index is -2.60. The summed E-state index contributed by atoms with van der Waals surface area (Å²) in [5.41, 5.74) is 2.71. The van der Waals surface area contributed by atoms with E-state index in [1.165, 1.54) is 0 Å². The first-order chi connectivity index (χ1) is 13.3. The highest BCUT2D eigenvalue weighted by Crippen LogP contribution is 2.48. The maximum Gasteiger partial charge on any atom is 0.274 e. The van der Waals surface area contributed by atoms with Crippen LogP contribution in [0.5, 0.6) is 5.75 Å². The van der Waals surface area contributed by atoms with Gasteiger partial charge in [-0.05, 0) is 26.0 Å². The van der Waals surface area contributed by atoms with E-state index in [2.05, 4.69) is 15.3 Å². The number of carbonyl (C=O) groups excluding carboxylic acids is 1. The molecule has 1 fully saturated rings. The summed E-state index contributed by atoms with van der Waals surface area (Å²) in [5.74, 6) is -2.74. The predicted octanol–water partition coefficient (Wildman–Crippen LogP) is 4.20. The molecule has 1 aliphatic rings. The third-order valence-corrected chi connectivity index (χ3v) is 4.75. The van der Waals surface area contributed by atoms with Gasteiger partial charge in [-0.3, -0.25) is 4.79 Å². The second-order valence-corrected chi connectivity index (χ2v) is 7.00. The molecular formula is C20H20F2N4O2. The fourth-order valence-electron chi connectivity index (χ4n) is 3.33. The van der Waals surface area contributed by atoms with Gasteiger partial charge in [0.15, 0.2) is 0 Å². The van der Waals surface area contributed by atoms with Crippen LogP contribution in [-0.4, -0.2) is 32.8 Å². The van der Waals surface area contributed by atoms with Crippen LogP contribution in [0, 0.1) is 6.92 Å². The third-order valence-electron chi connectivity index (χ3n) is 4.75. The number of amides is 1. The average Bonchev–Trinajstić information content (AvgIpc) is 3.02. The zero-order valence-electron chi connectivity index (χ0n) is 15.6. The van der Waals surface area contributed by atoms with E-state index in [1.807, 2.05) is 19.9 Å². The topological polar surface area (TPSA) is 68.5 Å². The highest BCUT2D eigenvalue weighted by molar-refractivity contribution is 6.03. The van der Waals surface area contributed by atoms with Crippen molar-refractivity contribution < 1.29 is 18.3 Å². The number of halogens is 2. The van der Waals surface area contributed by atoms with Crippen molar-refractivity contribution in [1.82, 2.24) is 14.4 Å². The van der Waals surface area contributed by atoms with Crippen LogP contribution in [0.1, 0.15) is 47.6 Å². The normalized spacial score (nSPS) is 16.0. The number of aryl methyl sites for hydroxylation is 1. The summed E-state index contributed by atoms with van der Waals surface area (Å²) in [5, 5.41) is 2.82. The summed E-state index contributed by atoms with van der Waals surface area (Å²) in [6, 6.07) is 6.91. The number of anilines is 1. The molecule has 0 bridgehead atoms.